The Kier molecular flexibility index (Phi) is 2.95. The van der Waals surface area contributed by atoms with Crippen LogP contribution in [0.15, 0.2) is 4.52 Å². The molecule has 1 aliphatic rings. The molecular weight excluding hydrogens is 164 g/mol. The molecule has 0 aromatic carbocycles. The smallest absolute Gasteiger partial charge is 0.243 e. The fourth-order valence-electron chi connectivity index (χ4n) is 2.03. The molecule has 1 aliphatic carbocycles. The van der Waals surface area contributed by atoms with E-state index in [1.807, 2.05) is 0 Å². The normalized spacial score (nSPS) is 20.9. The Morgan fingerprint density at radius 1 is 1.08 bits per heavy atom. The van der Waals surface area contributed by atoms with Crippen LogP contribution >= 0.6 is 0 Å². The number of nitrogens with zero attached hydrogens (tertiary/aromatic N) is 2. The molecule has 3 heteroatoms. The first-order valence-electron chi connectivity index (χ1n) is 5.16. The highest BCUT2D eigenvalue weighted by molar-refractivity contribution is 4.88. The van der Waals surface area contributed by atoms with Crippen LogP contribution in [0.25, 0.3) is 0 Å². The first-order chi connectivity index (χ1) is 6.47. The van der Waals surface area contributed by atoms with Crippen LogP contribution in [-0.2, 0) is 0 Å². The van der Waals surface area contributed by atoms with Gasteiger partial charge in [0.1, 0.15) is 0 Å². The number of rotatable bonds is 1. The van der Waals surface area contributed by atoms with Gasteiger partial charge in [-0.05, 0) is 12.8 Å². The molecule has 1 aromatic rings. The van der Waals surface area contributed by atoms with Crippen LogP contribution in [0.2, 0.25) is 0 Å². The SMILES string of the molecule is [c]1noc(C2CCCCCCC2)n1. The lowest BCUT2D eigenvalue weighted by molar-refractivity contribution is 0.322. The first-order valence-corrected chi connectivity index (χ1v) is 5.16. The Labute approximate surface area is 78.5 Å². The van der Waals surface area contributed by atoms with Crippen molar-refractivity contribution in [3.63, 3.8) is 0 Å². The summed E-state index contributed by atoms with van der Waals surface area (Å²) < 4.78 is 5.05. The second-order valence-electron chi connectivity index (χ2n) is 3.77. The monoisotopic (exact) mass is 179 g/mol. The van der Waals surface area contributed by atoms with Crippen LogP contribution < -0.4 is 0 Å². The van der Waals surface area contributed by atoms with E-state index in [1.165, 1.54) is 44.9 Å². The van der Waals surface area contributed by atoms with Gasteiger partial charge in [-0.15, -0.1) is 0 Å². The maximum atomic E-state index is 5.05. The Bertz CT molecular complexity index is 225. The highest BCUT2D eigenvalue weighted by atomic mass is 16.5. The molecule has 3 nitrogen and oxygen atoms in total. The molecule has 1 aromatic heterocycles. The minimum absolute atomic E-state index is 0.499. The number of hydrogen-bond donors (Lipinski definition) is 0. The van der Waals surface area contributed by atoms with E-state index in [0.717, 1.165) is 5.89 Å². The lowest BCUT2D eigenvalue weighted by Crippen LogP contribution is -2.02. The van der Waals surface area contributed by atoms with Gasteiger partial charge in [0.15, 0.2) is 0 Å². The maximum Gasteiger partial charge on any atom is 0.243 e. The van der Waals surface area contributed by atoms with E-state index in [1.54, 1.807) is 0 Å². The quantitative estimate of drug-likeness (QED) is 0.665. The summed E-state index contributed by atoms with van der Waals surface area (Å²) in [7, 11) is 0. The second-order valence-corrected chi connectivity index (χ2v) is 3.77. The van der Waals surface area contributed by atoms with Gasteiger partial charge in [0.05, 0.1) is 0 Å². The minimum Gasteiger partial charge on any atom is -0.339 e. The fraction of sp³-hybridized carbons (Fsp3) is 0.800. The molecule has 0 aliphatic heterocycles. The molecule has 71 valence electrons. The molecule has 0 unspecified atom stereocenters. The highest BCUT2D eigenvalue weighted by Gasteiger charge is 2.17. The van der Waals surface area contributed by atoms with Crippen LogP contribution in [0.1, 0.15) is 56.8 Å². The molecule has 1 heterocycles. The topological polar surface area (TPSA) is 38.9 Å². The van der Waals surface area contributed by atoms with Crippen molar-refractivity contribution in [1.82, 2.24) is 10.1 Å². The third kappa shape index (κ3) is 2.29. The largest absolute Gasteiger partial charge is 0.339 e. The molecular formula is C10H15N2O. The van der Waals surface area contributed by atoms with Crippen molar-refractivity contribution in [1.29, 1.82) is 0 Å². The zero-order chi connectivity index (χ0) is 8.93. The van der Waals surface area contributed by atoms with Crippen molar-refractivity contribution in [2.45, 2.75) is 50.9 Å². The molecule has 13 heavy (non-hydrogen) atoms. The summed E-state index contributed by atoms with van der Waals surface area (Å²) in [6, 6.07) is 0. The van der Waals surface area contributed by atoms with Crippen LogP contribution in [0.3, 0.4) is 0 Å². The fourth-order valence-corrected chi connectivity index (χ4v) is 2.03. The van der Waals surface area contributed by atoms with Gasteiger partial charge in [-0.1, -0.05) is 37.3 Å². The molecule has 0 N–H and O–H groups in total. The lowest BCUT2D eigenvalue weighted by atomic mass is 9.91. The second kappa shape index (κ2) is 4.40. The maximum absolute atomic E-state index is 5.05. The Hall–Kier alpha value is -0.860. The predicted molar refractivity (Wildman–Crippen MR) is 48.2 cm³/mol. The molecule has 0 bridgehead atoms. The van der Waals surface area contributed by atoms with Gasteiger partial charge in [-0.25, -0.2) is 0 Å². The highest BCUT2D eigenvalue weighted by Crippen LogP contribution is 2.29. The van der Waals surface area contributed by atoms with Crippen LogP contribution in [0.4, 0.5) is 0 Å². The van der Waals surface area contributed by atoms with Crippen molar-refractivity contribution in [2.75, 3.05) is 0 Å². The Morgan fingerprint density at radius 3 is 2.38 bits per heavy atom. The number of hydrogen-bond acceptors (Lipinski definition) is 3. The number of aromatic nitrogens is 2. The molecule has 2 rings (SSSR count). The molecule has 1 radical (unpaired) electrons. The lowest BCUT2D eigenvalue weighted by Gasteiger charge is -2.15. The summed E-state index contributed by atoms with van der Waals surface area (Å²) in [5, 5.41) is 3.54. The predicted octanol–water partition coefficient (Wildman–Crippen LogP) is 2.70. The summed E-state index contributed by atoms with van der Waals surface area (Å²) in [4.78, 5) is 4.01. The van der Waals surface area contributed by atoms with Gasteiger partial charge in [-0.3, -0.25) is 0 Å². The average molecular weight is 179 g/mol. The summed E-state index contributed by atoms with van der Waals surface area (Å²) >= 11 is 0. The Morgan fingerprint density at radius 2 is 1.77 bits per heavy atom. The van der Waals surface area contributed by atoms with E-state index in [4.69, 9.17) is 4.52 Å². The van der Waals surface area contributed by atoms with Gasteiger partial charge in [0.25, 0.3) is 0 Å². The molecule has 0 atom stereocenters. The van der Waals surface area contributed by atoms with Gasteiger partial charge in [0.2, 0.25) is 12.2 Å². The zero-order valence-electron chi connectivity index (χ0n) is 7.83. The zero-order valence-corrected chi connectivity index (χ0v) is 7.83. The third-order valence-corrected chi connectivity index (χ3v) is 2.79. The molecule has 0 amide bonds. The van der Waals surface area contributed by atoms with E-state index in [9.17, 15) is 0 Å². The van der Waals surface area contributed by atoms with Gasteiger partial charge >= 0.3 is 0 Å². The molecule has 0 spiro atoms. The van der Waals surface area contributed by atoms with E-state index >= 15 is 0 Å². The van der Waals surface area contributed by atoms with Crippen LogP contribution in [0, 0.1) is 6.33 Å². The third-order valence-electron chi connectivity index (χ3n) is 2.79. The first kappa shape index (κ1) is 8.73. The van der Waals surface area contributed by atoms with Crippen molar-refractivity contribution in [3.8, 4) is 0 Å². The summed E-state index contributed by atoms with van der Waals surface area (Å²) in [6.07, 6.45) is 11.6. The summed E-state index contributed by atoms with van der Waals surface area (Å²) in [5.41, 5.74) is 0. The molecule has 1 fully saturated rings. The van der Waals surface area contributed by atoms with E-state index in [2.05, 4.69) is 16.5 Å². The van der Waals surface area contributed by atoms with Crippen LogP contribution in [-0.4, -0.2) is 10.1 Å². The van der Waals surface area contributed by atoms with E-state index in [-0.39, 0.29) is 0 Å². The minimum atomic E-state index is 0.499. The average Bonchev–Trinajstić information content (AvgIpc) is 2.55. The van der Waals surface area contributed by atoms with Gasteiger partial charge in [-0.2, -0.15) is 4.98 Å². The van der Waals surface area contributed by atoms with Crippen molar-refractivity contribution < 1.29 is 4.52 Å². The summed E-state index contributed by atoms with van der Waals surface area (Å²) in [6.45, 7) is 0. The Balaban J connectivity index is 1.96. The van der Waals surface area contributed by atoms with Crippen LogP contribution in [0.5, 0.6) is 0 Å². The standard InChI is InChI=1S/C10H15N2O/c1-2-4-6-9(7-5-3-1)10-11-8-12-13-10/h9H,1-7H2. The van der Waals surface area contributed by atoms with Gasteiger partial charge < -0.3 is 4.52 Å². The summed E-state index contributed by atoms with van der Waals surface area (Å²) in [5.74, 6) is 1.29. The van der Waals surface area contributed by atoms with Crippen molar-refractivity contribution in [2.24, 2.45) is 0 Å². The molecule has 1 saturated carbocycles. The van der Waals surface area contributed by atoms with E-state index in [0.29, 0.717) is 5.92 Å². The van der Waals surface area contributed by atoms with Crippen molar-refractivity contribution in [3.05, 3.63) is 12.2 Å². The van der Waals surface area contributed by atoms with E-state index < -0.39 is 0 Å². The van der Waals surface area contributed by atoms with Gasteiger partial charge in [0, 0.05) is 5.92 Å². The molecule has 0 saturated heterocycles. The van der Waals surface area contributed by atoms with Crippen molar-refractivity contribution >= 4 is 0 Å².